The number of nitrogen functional groups attached to an aromatic ring is 4. The van der Waals surface area contributed by atoms with E-state index in [-0.39, 0.29) is 44.9 Å². The lowest BCUT2D eigenvalue weighted by Gasteiger charge is -2.14. The largest absolute Gasteiger partial charge is 0.492 e. The highest BCUT2D eigenvalue weighted by atomic mass is 35.5. The molecule has 0 saturated heterocycles. The predicted molar refractivity (Wildman–Crippen MR) is 297 cm³/mol. The number of aromatic carboxylic acids is 4. The zero-order valence-corrected chi connectivity index (χ0v) is 46.4. The van der Waals surface area contributed by atoms with Gasteiger partial charge in [0.2, 0.25) is 0 Å². The molecule has 12 N–H and O–H groups in total. The highest BCUT2D eigenvalue weighted by Gasteiger charge is 2.29. The summed E-state index contributed by atoms with van der Waals surface area (Å²) in [5.74, 6) is -14.2. The van der Waals surface area contributed by atoms with E-state index in [0.29, 0.717) is 21.3 Å². The van der Waals surface area contributed by atoms with Crippen LogP contribution < -0.4 is 46.6 Å². The summed E-state index contributed by atoms with van der Waals surface area (Å²) >= 11 is 22.7. The first kappa shape index (κ1) is 65.1. The van der Waals surface area contributed by atoms with Crippen molar-refractivity contribution in [1.82, 2.24) is 19.9 Å². The first-order valence-electron chi connectivity index (χ1n) is 22.6. The molecule has 0 fully saturated rings. The third kappa shape index (κ3) is 14.0. The van der Waals surface area contributed by atoms with Crippen molar-refractivity contribution in [3.63, 3.8) is 0 Å². The molecule has 21 nitrogen and oxygen atoms in total. The van der Waals surface area contributed by atoms with E-state index >= 15 is 0 Å². The van der Waals surface area contributed by atoms with Crippen molar-refractivity contribution in [2.45, 2.75) is 0 Å². The first-order chi connectivity index (χ1) is 39.6. The molecule has 440 valence electrons. The van der Waals surface area contributed by atoms with Gasteiger partial charge < -0.3 is 67.0 Å². The van der Waals surface area contributed by atoms with Crippen LogP contribution in [0.25, 0.3) is 45.0 Å². The van der Waals surface area contributed by atoms with E-state index in [4.69, 9.17) is 109 Å². The maximum atomic E-state index is 14.4. The Balaban J connectivity index is 0.000000205. The Kier molecular flexibility index (Phi) is 21.6. The summed E-state index contributed by atoms with van der Waals surface area (Å²) in [5.41, 5.74) is 17.9. The molecule has 0 aliphatic rings. The quantitative estimate of drug-likeness (QED) is 0.0393. The smallest absolute Gasteiger partial charge is 0.358 e. The number of pyridine rings is 4. The molecule has 0 spiro atoms. The minimum absolute atomic E-state index is 0.0332. The molecule has 8 aromatic rings. The SMILES string of the molecule is COc1c(C(=O)O)nc(-c2ccc(Cl)c(F)c2F)c(F)c1N.COc1c(C(=O)O)nc(-c2ccc(Cl)c(OC)c2F)c(F)c1N.COc1c(C(=O)O)nc(-c2ccc(Cl)cc2)c(F)c1N.COc1c(N)cc(-c2ccc(Cl)cc2)nc1C(=O)O. The molecule has 0 unspecified atom stereocenters. The number of rotatable bonds is 13. The topological polar surface area (TPSA) is 351 Å². The number of halogens is 10. The Hall–Kier alpha value is -9.70. The maximum Gasteiger partial charge on any atom is 0.358 e. The highest BCUT2D eigenvalue weighted by Crippen LogP contribution is 2.41. The molecular formula is C53H40Cl4F6N8O13. The minimum atomic E-state index is -1.57. The summed E-state index contributed by atoms with van der Waals surface area (Å²) in [5, 5.41) is 36.9. The van der Waals surface area contributed by atoms with Gasteiger partial charge in [-0.25, -0.2) is 65.5 Å². The number of methoxy groups -OCH3 is 5. The Morgan fingerprint density at radius 3 is 1.11 bits per heavy atom. The lowest BCUT2D eigenvalue weighted by molar-refractivity contribution is 0.0675. The Labute approximate surface area is 489 Å². The van der Waals surface area contributed by atoms with Gasteiger partial charge in [-0.2, -0.15) is 0 Å². The van der Waals surface area contributed by atoms with Crippen LogP contribution in [-0.2, 0) is 0 Å². The molecule has 0 radical (unpaired) electrons. The fourth-order valence-electron chi connectivity index (χ4n) is 7.20. The number of hydrogen-bond donors (Lipinski definition) is 8. The summed E-state index contributed by atoms with van der Waals surface area (Å²) in [6, 6.07) is 18.9. The van der Waals surface area contributed by atoms with Gasteiger partial charge in [0.25, 0.3) is 0 Å². The number of anilines is 4. The second-order valence-electron chi connectivity index (χ2n) is 16.1. The number of nitrogens with two attached hydrogens (primary N) is 4. The molecule has 0 amide bonds. The summed E-state index contributed by atoms with van der Waals surface area (Å²) in [6.07, 6.45) is 0. The summed E-state index contributed by atoms with van der Waals surface area (Å²) in [4.78, 5) is 59.6. The molecule has 4 aromatic heterocycles. The second-order valence-corrected chi connectivity index (χ2v) is 17.8. The highest BCUT2D eigenvalue weighted by molar-refractivity contribution is 6.32. The molecular weight excluding hydrogens is 1210 g/mol. The minimum Gasteiger partial charge on any atom is -0.492 e. The lowest BCUT2D eigenvalue weighted by atomic mass is 10.1. The van der Waals surface area contributed by atoms with Crippen LogP contribution in [0.4, 0.5) is 49.1 Å². The van der Waals surface area contributed by atoms with Gasteiger partial charge in [0.15, 0.2) is 86.4 Å². The molecule has 0 saturated carbocycles. The summed E-state index contributed by atoms with van der Waals surface area (Å²) in [6.45, 7) is 0. The summed E-state index contributed by atoms with van der Waals surface area (Å²) < 4.78 is 109. The van der Waals surface area contributed by atoms with Crippen LogP contribution in [0.5, 0.6) is 28.7 Å². The van der Waals surface area contributed by atoms with Gasteiger partial charge in [-0.15, -0.1) is 0 Å². The van der Waals surface area contributed by atoms with Crippen LogP contribution in [0.3, 0.4) is 0 Å². The van der Waals surface area contributed by atoms with E-state index in [0.717, 1.165) is 38.0 Å². The second kappa shape index (κ2) is 27.8. The van der Waals surface area contributed by atoms with Gasteiger partial charge in [-0.05, 0) is 54.6 Å². The van der Waals surface area contributed by atoms with E-state index in [1.165, 1.54) is 39.5 Å². The van der Waals surface area contributed by atoms with Crippen molar-refractivity contribution < 1.29 is 89.6 Å². The van der Waals surface area contributed by atoms with Gasteiger partial charge in [-0.1, -0.05) is 70.7 Å². The molecule has 84 heavy (non-hydrogen) atoms. The average molecular weight is 1250 g/mol. The van der Waals surface area contributed by atoms with Crippen LogP contribution in [0, 0.1) is 34.9 Å². The van der Waals surface area contributed by atoms with Gasteiger partial charge in [0.1, 0.15) is 34.1 Å². The van der Waals surface area contributed by atoms with Gasteiger partial charge in [0.05, 0.1) is 57.0 Å². The van der Waals surface area contributed by atoms with Gasteiger partial charge in [-0.3, -0.25) is 0 Å². The molecule has 0 aliphatic heterocycles. The summed E-state index contributed by atoms with van der Waals surface area (Å²) in [7, 11) is 5.91. The number of nitrogens with zero attached hydrogens (tertiary/aromatic N) is 4. The van der Waals surface area contributed by atoms with Crippen LogP contribution in [-0.4, -0.2) is 99.8 Å². The van der Waals surface area contributed by atoms with Crippen LogP contribution >= 0.6 is 46.4 Å². The first-order valence-corrected chi connectivity index (χ1v) is 24.2. The molecule has 4 heterocycles. The fraction of sp³-hybridized carbons (Fsp3) is 0.0943. The van der Waals surface area contributed by atoms with Crippen molar-refractivity contribution in [3.05, 3.63) is 157 Å². The third-order valence-corrected chi connectivity index (χ3v) is 12.2. The van der Waals surface area contributed by atoms with Gasteiger partial charge >= 0.3 is 23.9 Å². The fourth-order valence-corrected chi connectivity index (χ4v) is 7.82. The molecule has 8 rings (SSSR count). The standard InChI is InChI=1S/C14H11ClF2N2O4.C13H8ClF3N2O3.C13H10ClFN2O3.C13H11ClN2O3/c1-22-12-6(15)4-3-5(7(12)16)10-8(17)9(18)13(23-2)11(19-10)14(20)21;1-22-12-9(18)8(17)10(19-11(12)13(20)21)4-2-3-5(14)7(16)6(4)15;1-20-12-9(16)8(15)10(17-11(12)13(18)19)6-2-4-7(14)5-3-6;1-19-12-9(15)6-10(16-11(12)13(17)18)7-2-4-8(14)5-3-7/h3-4H,1-2H3,(H2,18,19)(H,20,21);2-3H,1H3,(H2,18,19)(H,20,21);2-5H,1H3,(H2,16,17)(H,18,19);2-6H,1H3,(H2,15,16)(H,17,18). The van der Waals surface area contributed by atoms with Crippen LogP contribution in [0.15, 0.2) is 78.9 Å². The van der Waals surface area contributed by atoms with Crippen LogP contribution in [0.1, 0.15) is 42.0 Å². The van der Waals surface area contributed by atoms with E-state index in [1.807, 2.05) is 0 Å². The van der Waals surface area contributed by atoms with Crippen molar-refractivity contribution in [3.8, 4) is 73.8 Å². The lowest BCUT2D eigenvalue weighted by Crippen LogP contribution is -2.11. The average Bonchev–Trinajstić information content (AvgIpc) is 1.74. The van der Waals surface area contributed by atoms with E-state index in [1.54, 1.807) is 42.5 Å². The molecule has 0 atom stereocenters. The Bertz CT molecular complexity index is 3880. The molecule has 0 bridgehead atoms. The monoisotopic (exact) mass is 1250 g/mol. The molecule has 4 aromatic carbocycles. The van der Waals surface area contributed by atoms with Crippen molar-refractivity contribution in [2.75, 3.05) is 58.5 Å². The van der Waals surface area contributed by atoms with E-state index in [9.17, 15) is 45.5 Å². The van der Waals surface area contributed by atoms with E-state index in [2.05, 4.69) is 24.7 Å². The zero-order valence-electron chi connectivity index (χ0n) is 43.3. The number of carbonyl (C=O) groups is 4. The normalized spacial score (nSPS) is 10.4. The van der Waals surface area contributed by atoms with Crippen molar-refractivity contribution in [1.29, 1.82) is 0 Å². The Morgan fingerprint density at radius 1 is 0.393 bits per heavy atom. The number of hydrogen-bond acceptors (Lipinski definition) is 17. The van der Waals surface area contributed by atoms with Crippen molar-refractivity contribution >= 4 is 93.0 Å². The third-order valence-electron chi connectivity index (χ3n) is 11.1. The van der Waals surface area contributed by atoms with Crippen LogP contribution in [0.2, 0.25) is 20.1 Å². The molecule has 31 heteroatoms. The number of ether oxygens (including phenoxy) is 5. The number of carboxylic acids is 4. The maximum absolute atomic E-state index is 14.4. The Morgan fingerprint density at radius 2 is 0.726 bits per heavy atom. The van der Waals surface area contributed by atoms with E-state index < -0.39 is 126 Å². The predicted octanol–water partition coefficient (Wildman–Crippen LogP) is 11.6. The van der Waals surface area contributed by atoms with Gasteiger partial charge in [0, 0.05) is 32.3 Å². The number of carboxylic acid groups (broad SMARTS) is 4. The number of benzene rings is 4. The zero-order chi connectivity index (χ0) is 62.8. The van der Waals surface area contributed by atoms with Crippen molar-refractivity contribution in [2.24, 2.45) is 0 Å². The molecule has 0 aliphatic carbocycles. The number of aromatic nitrogens is 4.